The van der Waals surface area contributed by atoms with Crippen LogP contribution in [0.15, 0.2) is 25.0 Å². The first kappa shape index (κ1) is 8.52. The highest BCUT2D eigenvalue weighted by Crippen LogP contribution is 2.10. The van der Waals surface area contributed by atoms with Gasteiger partial charge in [-0.1, -0.05) is 6.08 Å². The fourth-order valence-electron chi connectivity index (χ4n) is 0.735. The fourth-order valence-corrected chi connectivity index (χ4v) is 0.735. The molecule has 0 amide bonds. The van der Waals surface area contributed by atoms with Crippen LogP contribution in [0.4, 0.5) is 11.6 Å². The number of hydrogen-bond acceptors (Lipinski definition) is 4. The first-order valence-electron chi connectivity index (χ1n) is 3.69. The summed E-state index contributed by atoms with van der Waals surface area (Å²) in [4.78, 5) is 7.90. The minimum Gasteiger partial charge on any atom is -0.381 e. The SMILES string of the molecule is C=CC(C)Nc1nccnc1N. The van der Waals surface area contributed by atoms with Crippen molar-refractivity contribution in [1.82, 2.24) is 9.97 Å². The van der Waals surface area contributed by atoms with Crippen molar-refractivity contribution in [2.45, 2.75) is 13.0 Å². The average molecular weight is 164 g/mol. The highest BCUT2D eigenvalue weighted by Gasteiger charge is 2.01. The zero-order chi connectivity index (χ0) is 8.97. The van der Waals surface area contributed by atoms with Gasteiger partial charge in [0, 0.05) is 18.4 Å². The van der Waals surface area contributed by atoms with Crippen LogP contribution in [0.2, 0.25) is 0 Å². The number of nitrogens with zero attached hydrogens (tertiary/aromatic N) is 2. The molecule has 4 nitrogen and oxygen atoms in total. The van der Waals surface area contributed by atoms with E-state index < -0.39 is 0 Å². The van der Waals surface area contributed by atoms with Crippen LogP contribution in [0.1, 0.15) is 6.92 Å². The van der Waals surface area contributed by atoms with Crippen LogP contribution in [-0.2, 0) is 0 Å². The molecule has 0 aliphatic heterocycles. The predicted octanol–water partition coefficient (Wildman–Crippen LogP) is 1.05. The van der Waals surface area contributed by atoms with Crippen LogP contribution in [0, 0.1) is 0 Å². The van der Waals surface area contributed by atoms with Gasteiger partial charge in [0.1, 0.15) is 0 Å². The molecule has 0 aliphatic rings. The lowest BCUT2D eigenvalue weighted by Gasteiger charge is -2.10. The van der Waals surface area contributed by atoms with Gasteiger partial charge in [-0.2, -0.15) is 0 Å². The number of aromatic nitrogens is 2. The largest absolute Gasteiger partial charge is 0.381 e. The van der Waals surface area contributed by atoms with Gasteiger partial charge >= 0.3 is 0 Å². The Labute approximate surface area is 71.5 Å². The summed E-state index contributed by atoms with van der Waals surface area (Å²) in [5.41, 5.74) is 5.55. The highest BCUT2D eigenvalue weighted by molar-refractivity contribution is 5.55. The second-order valence-corrected chi connectivity index (χ2v) is 2.46. The molecule has 1 aromatic rings. The maximum atomic E-state index is 5.55. The summed E-state index contributed by atoms with van der Waals surface area (Å²) in [7, 11) is 0. The predicted molar refractivity (Wildman–Crippen MR) is 49.7 cm³/mol. The average Bonchev–Trinajstić information content (AvgIpc) is 2.09. The summed E-state index contributed by atoms with van der Waals surface area (Å²) in [6.45, 7) is 5.59. The molecule has 64 valence electrons. The molecule has 1 heterocycles. The molecule has 0 aromatic carbocycles. The number of nitrogens with two attached hydrogens (primary N) is 1. The van der Waals surface area contributed by atoms with Gasteiger partial charge in [-0.05, 0) is 6.92 Å². The smallest absolute Gasteiger partial charge is 0.169 e. The van der Waals surface area contributed by atoms with E-state index in [1.165, 1.54) is 0 Å². The van der Waals surface area contributed by atoms with Gasteiger partial charge in [-0.3, -0.25) is 0 Å². The van der Waals surface area contributed by atoms with Crippen molar-refractivity contribution in [2.24, 2.45) is 0 Å². The standard InChI is InChI=1S/C8H12N4/c1-3-6(2)12-8-7(9)10-4-5-11-8/h3-6H,1H2,2H3,(H2,9,10)(H,11,12). The molecule has 0 saturated heterocycles. The number of nitrogen functional groups attached to an aromatic ring is 1. The molecule has 0 saturated carbocycles. The number of nitrogens with one attached hydrogen (secondary N) is 1. The van der Waals surface area contributed by atoms with Crippen molar-refractivity contribution in [3.63, 3.8) is 0 Å². The molecule has 0 aliphatic carbocycles. The molecular weight excluding hydrogens is 152 g/mol. The van der Waals surface area contributed by atoms with Gasteiger partial charge in [0.2, 0.25) is 0 Å². The Bertz CT molecular complexity index is 272. The number of anilines is 2. The Hall–Kier alpha value is -1.58. The molecule has 1 unspecified atom stereocenters. The van der Waals surface area contributed by atoms with Gasteiger partial charge < -0.3 is 11.1 Å². The summed E-state index contributed by atoms with van der Waals surface area (Å²) in [6, 6.07) is 0.143. The molecule has 1 atom stereocenters. The van der Waals surface area contributed by atoms with Crippen LogP contribution in [0.25, 0.3) is 0 Å². The molecule has 12 heavy (non-hydrogen) atoms. The summed E-state index contributed by atoms with van der Waals surface area (Å²) < 4.78 is 0. The van der Waals surface area contributed by atoms with E-state index in [0.29, 0.717) is 11.6 Å². The van der Waals surface area contributed by atoms with Gasteiger partial charge in [0.05, 0.1) is 0 Å². The third-order valence-electron chi connectivity index (χ3n) is 1.44. The fraction of sp³-hybridized carbons (Fsp3) is 0.250. The molecular formula is C8H12N4. The first-order chi connectivity index (χ1) is 5.74. The van der Waals surface area contributed by atoms with Gasteiger partial charge in [-0.15, -0.1) is 6.58 Å². The lowest BCUT2D eigenvalue weighted by atomic mass is 10.3. The highest BCUT2D eigenvalue weighted by atomic mass is 15.1. The molecule has 4 heteroatoms. The molecule has 0 radical (unpaired) electrons. The Kier molecular flexibility index (Phi) is 2.63. The van der Waals surface area contributed by atoms with Crippen LogP contribution in [0.5, 0.6) is 0 Å². The van der Waals surface area contributed by atoms with Crippen LogP contribution in [0.3, 0.4) is 0 Å². The van der Waals surface area contributed by atoms with Crippen LogP contribution >= 0.6 is 0 Å². The monoisotopic (exact) mass is 164 g/mol. The van der Waals surface area contributed by atoms with Gasteiger partial charge in [0.15, 0.2) is 11.6 Å². The molecule has 0 spiro atoms. The molecule has 3 N–H and O–H groups in total. The maximum absolute atomic E-state index is 5.55. The normalized spacial score (nSPS) is 12.1. The molecule has 1 rings (SSSR count). The second-order valence-electron chi connectivity index (χ2n) is 2.46. The van der Waals surface area contributed by atoms with E-state index in [0.717, 1.165) is 0 Å². The van der Waals surface area contributed by atoms with E-state index in [-0.39, 0.29) is 6.04 Å². The minimum atomic E-state index is 0.143. The Morgan fingerprint density at radius 3 is 2.83 bits per heavy atom. The Balaban J connectivity index is 2.75. The van der Waals surface area contributed by atoms with Crippen molar-refractivity contribution in [2.75, 3.05) is 11.1 Å². The number of hydrogen-bond donors (Lipinski definition) is 2. The van der Waals surface area contributed by atoms with E-state index >= 15 is 0 Å². The second kappa shape index (κ2) is 3.71. The van der Waals surface area contributed by atoms with Crippen molar-refractivity contribution in [3.8, 4) is 0 Å². The number of rotatable bonds is 3. The summed E-state index contributed by atoms with van der Waals surface area (Å²) in [5, 5.41) is 3.04. The van der Waals surface area contributed by atoms with Crippen molar-refractivity contribution < 1.29 is 0 Å². The summed E-state index contributed by atoms with van der Waals surface area (Å²) >= 11 is 0. The van der Waals surface area contributed by atoms with E-state index in [1.807, 2.05) is 6.92 Å². The van der Waals surface area contributed by atoms with Crippen molar-refractivity contribution >= 4 is 11.6 Å². The summed E-state index contributed by atoms with van der Waals surface area (Å²) in [6.07, 6.45) is 4.92. The van der Waals surface area contributed by atoms with E-state index in [9.17, 15) is 0 Å². The van der Waals surface area contributed by atoms with Gasteiger partial charge in [-0.25, -0.2) is 9.97 Å². The van der Waals surface area contributed by atoms with Crippen LogP contribution in [-0.4, -0.2) is 16.0 Å². The van der Waals surface area contributed by atoms with Crippen molar-refractivity contribution in [3.05, 3.63) is 25.0 Å². The zero-order valence-electron chi connectivity index (χ0n) is 6.99. The lowest BCUT2D eigenvalue weighted by Crippen LogP contribution is -2.14. The Morgan fingerprint density at radius 1 is 1.58 bits per heavy atom. The third kappa shape index (κ3) is 1.95. The molecule has 0 fully saturated rings. The van der Waals surface area contributed by atoms with E-state index in [1.54, 1.807) is 18.5 Å². The summed E-state index contributed by atoms with van der Waals surface area (Å²) in [5.74, 6) is 1.01. The Morgan fingerprint density at radius 2 is 2.25 bits per heavy atom. The first-order valence-corrected chi connectivity index (χ1v) is 3.69. The third-order valence-corrected chi connectivity index (χ3v) is 1.44. The van der Waals surface area contributed by atoms with Crippen LogP contribution < -0.4 is 11.1 Å². The van der Waals surface area contributed by atoms with Crippen molar-refractivity contribution in [1.29, 1.82) is 0 Å². The zero-order valence-corrected chi connectivity index (χ0v) is 6.99. The molecule has 0 bridgehead atoms. The minimum absolute atomic E-state index is 0.143. The quantitative estimate of drug-likeness (QED) is 0.655. The molecule has 1 aromatic heterocycles. The van der Waals surface area contributed by atoms with E-state index in [2.05, 4.69) is 21.9 Å². The lowest BCUT2D eigenvalue weighted by molar-refractivity contribution is 0.979. The van der Waals surface area contributed by atoms with E-state index in [4.69, 9.17) is 5.73 Å². The maximum Gasteiger partial charge on any atom is 0.169 e. The van der Waals surface area contributed by atoms with Gasteiger partial charge in [0.25, 0.3) is 0 Å². The topological polar surface area (TPSA) is 63.8 Å².